The topological polar surface area (TPSA) is 56.7 Å². The van der Waals surface area contributed by atoms with Gasteiger partial charge in [-0.1, -0.05) is 82.6 Å². The van der Waals surface area contributed by atoms with Crippen LogP contribution >= 0.6 is 0 Å². The molecule has 0 bridgehead atoms. The third-order valence-electron chi connectivity index (χ3n) is 12.1. The van der Waals surface area contributed by atoms with Gasteiger partial charge in [-0.05, 0) is 71.2 Å². The van der Waals surface area contributed by atoms with Crippen molar-refractivity contribution >= 4 is 50.8 Å². The Morgan fingerprint density at radius 3 is 2.10 bits per heavy atom. The SMILES string of the molecule is Cc1ccc2c(n1)oc1c[c-]c(-c3cc(C)[c]([Ge]([CH3])([CH3])[CH3])cn3)cc12.[2H]C([2H])([2H])c1c[c-]c(-c2nc3ccccc3n2-c2c(C(C)CC)cc(-c3ccccc3)cc2C(C)CC)cc1F.[Ir]. The standard InChI is InChI=1S/C34H34FN2.C21H21GeN2O.Ir/c1-6-22(3)28-19-27(25-13-9-8-10-14-25)20-29(23(4)7-2)33(28)37-32-16-12-11-15-31(32)36-34(37)26-18-17-24(5)30(35)21-26;1-13-10-19(23-12-18(13)22(3,4)5)15-7-9-20-17(11-15)16-8-6-14(2)24-21(16)25-20;/h8-17,19-23H,6-7H2,1-5H3;6,8-12H,1-5H3;/q2*-1;/i5D3;;. The zero-order chi connectivity index (χ0) is 46.4. The number of halogens is 1. The molecule has 0 saturated carbocycles. The molecule has 323 valence electrons. The Morgan fingerprint density at radius 2 is 1.44 bits per heavy atom. The number of benzene rings is 5. The minimum absolute atomic E-state index is 0. The molecule has 0 fully saturated rings. The van der Waals surface area contributed by atoms with Gasteiger partial charge in [0.2, 0.25) is 0 Å². The minimum atomic E-state index is -2.56. The molecule has 63 heavy (non-hydrogen) atoms. The summed E-state index contributed by atoms with van der Waals surface area (Å²) in [6, 6.07) is 42.0. The smallest absolute Gasteiger partial charge is 0.0774 e. The predicted molar refractivity (Wildman–Crippen MR) is 259 cm³/mol. The number of aryl methyl sites for hydroxylation is 3. The van der Waals surface area contributed by atoms with Crippen LogP contribution in [0.25, 0.3) is 72.6 Å². The van der Waals surface area contributed by atoms with E-state index in [4.69, 9.17) is 18.5 Å². The number of imidazole rings is 1. The number of hydrogen-bond donors (Lipinski definition) is 0. The fraction of sp³-hybridized carbons (Fsp3) is 0.255. The van der Waals surface area contributed by atoms with Gasteiger partial charge in [-0.3, -0.25) is 4.98 Å². The van der Waals surface area contributed by atoms with Gasteiger partial charge < -0.3 is 4.57 Å². The van der Waals surface area contributed by atoms with Gasteiger partial charge in [0.25, 0.3) is 0 Å². The van der Waals surface area contributed by atoms with Crippen LogP contribution < -0.4 is 4.40 Å². The van der Waals surface area contributed by atoms with Crippen molar-refractivity contribution in [2.75, 3.05) is 0 Å². The van der Waals surface area contributed by atoms with E-state index >= 15 is 4.39 Å². The summed E-state index contributed by atoms with van der Waals surface area (Å²) in [5.41, 5.74) is 13.3. The van der Waals surface area contributed by atoms with Crippen LogP contribution in [0.3, 0.4) is 0 Å². The zero-order valence-corrected chi connectivity index (χ0v) is 41.9. The Hall–Kier alpha value is -5.21. The molecule has 9 aromatic rings. The van der Waals surface area contributed by atoms with Gasteiger partial charge in [0.1, 0.15) is 0 Å². The summed E-state index contributed by atoms with van der Waals surface area (Å²) in [5, 5.41) is 2.10. The first-order valence-electron chi connectivity index (χ1n) is 23.1. The molecule has 4 heterocycles. The normalized spacial score (nSPS) is 13.5. The van der Waals surface area contributed by atoms with E-state index < -0.39 is 25.9 Å². The quantitative estimate of drug-likeness (QED) is 0.107. The molecular weight excluding hydrogens is 1020 g/mol. The van der Waals surface area contributed by atoms with Crippen LogP contribution in [0.5, 0.6) is 0 Å². The monoisotopic (exact) mass is 1080 g/mol. The van der Waals surface area contributed by atoms with Crippen LogP contribution in [0.15, 0.2) is 120 Å². The molecule has 2 unspecified atom stereocenters. The summed E-state index contributed by atoms with van der Waals surface area (Å²) in [6.07, 6.45) is 3.96. The maximum absolute atomic E-state index is 15.2. The van der Waals surface area contributed by atoms with Crippen LogP contribution in [0.2, 0.25) is 17.3 Å². The summed E-state index contributed by atoms with van der Waals surface area (Å²) >= 11 is -1.88. The van der Waals surface area contributed by atoms with E-state index in [1.807, 2.05) is 49.4 Å². The second-order valence-corrected chi connectivity index (χ2v) is 28.1. The number of hydrogen-bond acceptors (Lipinski definition) is 4. The second-order valence-electron chi connectivity index (χ2n) is 17.5. The number of pyridine rings is 2. The summed E-state index contributed by atoms with van der Waals surface area (Å²) in [7, 11) is 0. The van der Waals surface area contributed by atoms with Crippen LogP contribution in [0.1, 0.15) is 84.4 Å². The Labute approximate surface area is 392 Å². The van der Waals surface area contributed by atoms with Crippen molar-refractivity contribution in [1.82, 2.24) is 19.5 Å². The molecule has 0 spiro atoms. The molecule has 4 aromatic heterocycles. The van der Waals surface area contributed by atoms with Crippen molar-refractivity contribution < 1.29 is 33.0 Å². The van der Waals surface area contributed by atoms with Crippen LogP contribution in [0, 0.1) is 38.6 Å². The first kappa shape index (κ1) is 41.8. The van der Waals surface area contributed by atoms with E-state index in [2.05, 4.69) is 134 Å². The van der Waals surface area contributed by atoms with E-state index in [0.717, 1.165) is 68.4 Å². The van der Waals surface area contributed by atoms with E-state index in [0.29, 0.717) is 17.1 Å². The molecule has 5 aromatic carbocycles. The average molecular weight is 1070 g/mol. The summed E-state index contributed by atoms with van der Waals surface area (Å²) < 4.78 is 47.7. The van der Waals surface area contributed by atoms with Gasteiger partial charge in [0.05, 0.1) is 16.9 Å². The molecule has 0 aliphatic heterocycles. The van der Waals surface area contributed by atoms with Gasteiger partial charge in [-0.15, -0.1) is 23.8 Å². The summed E-state index contributed by atoms with van der Waals surface area (Å²) in [4.78, 5) is 14.2. The van der Waals surface area contributed by atoms with Crippen molar-refractivity contribution in [1.29, 1.82) is 0 Å². The van der Waals surface area contributed by atoms with E-state index in [-0.39, 0.29) is 37.5 Å². The van der Waals surface area contributed by atoms with E-state index in [1.165, 1.54) is 38.8 Å². The average Bonchev–Trinajstić information content (AvgIpc) is 3.85. The van der Waals surface area contributed by atoms with Crippen LogP contribution in [-0.4, -0.2) is 32.8 Å². The Balaban J connectivity index is 0.000000214. The molecule has 0 aliphatic carbocycles. The zero-order valence-electron chi connectivity index (χ0n) is 40.4. The van der Waals surface area contributed by atoms with Crippen molar-refractivity contribution in [2.45, 2.75) is 90.3 Å². The van der Waals surface area contributed by atoms with E-state index in [1.54, 1.807) is 0 Å². The summed E-state index contributed by atoms with van der Waals surface area (Å²) in [5.74, 6) is 7.44. The predicted octanol–water partition coefficient (Wildman–Crippen LogP) is 14.6. The third kappa shape index (κ3) is 9.25. The van der Waals surface area contributed by atoms with Crippen molar-refractivity contribution in [3.8, 4) is 39.5 Å². The number of nitrogens with zero attached hydrogens (tertiary/aromatic N) is 4. The molecule has 8 heteroatoms. The number of aromatic nitrogens is 4. The van der Waals surface area contributed by atoms with Gasteiger partial charge in [-0.2, -0.15) is 0 Å². The van der Waals surface area contributed by atoms with Crippen molar-refractivity contribution in [3.05, 3.63) is 161 Å². The Morgan fingerprint density at radius 1 is 0.762 bits per heavy atom. The molecule has 2 atom stereocenters. The first-order chi connectivity index (χ1) is 31.0. The number of para-hydroxylation sites is 2. The maximum Gasteiger partial charge on any atom is 0.0774 e. The number of furan rings is 1. The fourth-order valence-corrected chi connectivity index (χ4v) is 11.9. The first-order valence-corrected chi connectivity index (χ1v) is 28.9. The van der Waals surface area contributed by atoms with Gasteiger partial charge in [0, 0.05) is 35.7 Å². The van der Waals surface area contributed by atoms with Crippen LogP contribution in [0.4, 0.5) is 4.39 Å². The molecular formula is C55H55FGeIrN4O-2. The molecule has 5 nitrogen and oxygen atoms in total. The molecule has 0 saturated heterocycles. The van der Waals surface area contributed by atoms with Crippen LogP contribution in [-0.2, 0) is 20.1 Å². The number of fused-ring (bicyclic) bond motifs is 4. The van der Waals surface area contributed by atoms with Gasteiger partial charge >= 0.3 is 150 Å². The Bertz CT molecular complexity index is 3160. The van der Waals surface area contributed by atoms with Gasteiger partial charge in [-0.25, -0.2) is 4.39 Å². The molecule has 0 N–H and O–H groups in total. The Kier molecular flexibility index (Phi) is 12.5. The van der Waals surface area contributed by atoms with Gasteiger partial charge in [0.15, 0.2) is 0 Å². The maximum atomic E-state index is 15.2. The summed E-state index contributed by atoms with van der Waals surface area (Å²) in [6.45, 7) is 10.5. The molecule has 9 rings (SSSR count). The van der Waals surface area contributed by atoms with Crippen molar-refractivity contribution in [2.24, 2.45) is 0 Å². The minimum Gasteiger partial charge on any atom is -0.333 e. The third-order valence-corrected chi connectivity index (χ3v) is 16.6. The number of rotatable bonds is 9. The molecule has 0 amide bonds. The second kappa shape index (κ2) is 18.9. The molecule has 0 aliphatic rings. The fourth-order valence-electron chi connectivity index (χ4n) is 8.28. The molecule has 1 radical (unpaired) electrons. The van der Waals surface area contributed by atoms with Crippen molar-refractivity contribution in [3.63, 3.8) is 0 Å². The van der Waals surface area contributed by atoms with E-state index in [9.17, 15) is 0 Å². The largest absolute Gasteiger partial charge is 0.333 e.